The third-order valence-electron chi connectivity index (χ3n) is 3.67. The van der Waals surface area contributed by atoms with Crippen molar-refractivity contribution in [2.24, 2.45) is 0 Å². The molecule has 1 aromatic carbocycles. The fourth-order valence-corrected chi connectivity index (χ4v) is 2.72. The van der Waals surface area contributed by atoms with Crippen molar-refractivity contribution in [3.05, 3.63) is 47.7 Å². The smallest absolute Gasteiger partial charge is 0.226 e. The number of benzene rings is 1. The second kappa shape index (κ2) is 6.12. The summed E-state index contributed by atoms with van der Waals surface area (Å²) in [5, 5.41) is 3.43. The summed E-state index contributed by atoms with van der Waals surface area (Å²) in [5.41, 5.74) is 2.89. The quantitative estimate of drug-likeness (QED) is 0.935. The van der Waals surface area contributed by atoms with Gasteiger partial charge in [0.15, 0.2) is 0 Å². The van der Waals surface area contributed by atoms with E-state index in [1.165, 1.54) is 11.1 Å². The molecule has 1 aliphatic rings. The van der Waals surface area contributed by atoms with E-state index in [0.717, 1.165) is 19.3 Å². The predicted molar refractivity (Wildman–Crippen MR) is 83.7 cm³/mol. The van der Waals surface area contributed by atoms with Gasteiger partial charge in [-0.1, -0.05) is 24.3 Å². The largest absolute Gasteiger partial charge is 0.475 e. The molecule has 21 heavy (non-hydrogen) atoms. The Labute approximate surface area is 125 Å². The summed E-state index contributed by atoms with van der Waals surface area (Å²) >= 11 is 0. The van der Waals surface area contributed by atoms with Gasteiger partial charge < -0.3 is 10.1 Å². The summed E-state index contributed by atoms with van der Waals surface area (Å²) in [5.74, 6) is 1.27. The summed E-state index contributed by atoms with van der Waals surface area (Å²) in [7, 11) is 0. The zero-order valence-electron chi connectivity index (χ0n) is 12.5. The molecule has 3 rings (SSSR count). The molecular weight excluding hydrogens is 262 g/mol. The minimum Gasteiger partial charge on any atom is -0.475 e. The fraction of sp³-hybridized carbons (Fsp3) is 0.412. The molecular formula is C17H21N3O. The molecule has 0 saturated carbocycles. The van der Waals surface area contributed by atoms with Crippen molar-refractivity contribution in [2.45, 2.75) is 45.3 Å². The van der Waals surface area contributed by atoms with Gasteiger partial charge in [-0.2, -0.15) is 4.98 Å². The lowest BCUT2D eigenvalue weighted by atomic mass is 9.88. The Morgan fingerprint density at radius 3 is 2.81 bits per heavy atom. The van der Waals surface area contributed by atoms with Crippen molar-refractivity contribution in [2.75, 3.05) is 5.32 Å². The van der Waals surface area contributed by atoms with Crippen LogP contribution < -0.4 is 10.1 Å². The molecule has 4 nitrogen and oxygen atoms in total. The van der Waals surface area contributed by atoms with Crippen LogP contribution in [0, 0.1) is 0 Å². The minimum absolute atomic E-state index is 0.120. The molecule has 110 valence electrons. The first-order chi connectivity index (χ1) is 10.2. The van der Waals surface area contributed by atoms with Gasteiger partial charge in [0.25, 0.3) is 0 Å². The zero-order chi connectivity index (χ0) is 14.7. The molecule has 1 unspecified atom stereocenters. The number of ether oxygens (including phenoxy) is 1. The average molecular weight is 283 g/mol. The number of nitrogens with one attached hydrogen (secondary N) is 1. The summed E-state index contributed by atoms with van der Waals surface area (Å²) in [6.45, 7) is 3.99. The molecule has 1 aliphatic carbocycles. The number of fused-ring (bicyclic) bond motifs is 1. The van der Waals surface area contributed by atoms with Crippen molar-refractivity contribution < 1.29 is 4.74 Å². The van der Waals surface area contributed by atoms with Crippen LogP contribution in [-0.2, 0) is 12.8 Å². The lowest BCUT2D eigenvalue weighted by molar-refractivity contribution is 0.232. The first kappa shape index (κ1) is 13.9. The highest BCUT2D eigenvalue weighted by Crippen LogP contribution is 2.23. The van der Waals surface area contributed by atoms with E-state index < -0.39 is 0 Å². The summed E-state index contributed by atoms with van der Waals surface area (Å²) in [4.78, 5) is 8.71. The first-order valence-corrected chi connectivity index (χ1v) is 7.54. The zero-order valence-corrected chi connectivity index (χ0v) is 12.5. The van der Waals surface area contributed by atoms with E-state index in [9.17, 15) is 0 Å². The van der Waals surface area contributed by atoms with E-state index in [-0.39, 0.29) is 6.10 Å². The van der Waals surface area contributed by atoms with Gasteiger partial charge in [-0.15, -0.1) is 0 Å². The van der Waals surface area contributed by atoms with Gasteiger partial charge in [0, 0.05) is 18.3 Å². The highest BCUT2D eigenvalue weighted by Gasteiger charge is 2.18. The number of nitrogens with zero attached hydrogens (tertiary/aromatic N) is 2. The van der Waals surface area contributed by atoms with Crippen LogP contribution in [0.2, 0.25) is 0 Å². The third-order valence-corrected chi connectivity index (χ3v) is 3.67. The Morgan fingerprint density at radius 1 is 1.19 bits per heavy atom. The monoisotopic (exact) mass is 283 g/mol. The van der Waals surface area contributed by atoms with Crippen LogP contribution in [0.25, 0.3) is 0 Å². The van der Waals surface area contributed by atoms with E-state index in [0.29, 0.717) is 17.9 Å². The Morgan fingerprint density at radius 2 is 2.00 bits per heavy atom. The average Bonchev–Trinajstić information content (AvgIpc) is 2.47. The summed E-state index contributed by atoms with van der Waals surface area (Å²) < 4.78 is 5.61. The van der Waals surface area contributed by atoms with E-state index in [2.05, 4.69) is 39.6 Å². The molecule has 1 aromatic heterocycles. The van der Waals surface area contributed by atoms with Gasteiger partial charge in [0.05, 0.1) is 6.10 Å². The standard InChI is InChI=1S/C17H21N3O/c1-12(2)21-16-9-10-18-17(20-16)19-15-8-7-13-5-3-4-6-14(13)11-15/h3-6,9-10,12,15H,7-8,11H2,1-2H3,(H,18,19,20). The van der Waals surface area contributed by atoms with Gasteiger partial charge in [-0.25, -0.2) is 4.98 Å². The Bertz CT molecular complexity index is 612. The van der Waals surface area contributed by atoms with Gasteiger partial charge in [-0.3, -0.25) is 0 Å². The van der Waals surface area contributed by atoms with E-state index >= 15 is 0 Å². The van der Waals surface area contributed by atoms with Crippen LogP contribution in [0.15, 0.2) is 36.5 Å². The Hall–Kier alpha value is -2.10. The summed E-state index contributed by atoms with van der Waals surface area (Å²) in [6.07, 6.45) is 5.10. The van der Waals surface area contributed by atoms with Crippen molar-refractivity contribution >= 4 is 5.95 Å². The maximum Gasteiger partial charge on any atom is 0.226 e. The molecule has 2 aromatic rings. The number of aryl methyl sites for hydroxylation is 1. The van der Waals surface area contributed by atoms with Gasteiger partial charge in [-0.05, 0) is 44.2 Å². The second-order valence-corrected chi connectivity index (χ2v) is 5.74. The maximum absolute atomic E-state index is 5.61. The molecule has 1 heterocycles. The first-order valence-electron chi connectivity index (χ1n) is 7.54. The molecule has 0 radical (unpaired) electrons. The van der Waals surface area contributed by atoms with Crippen molar-refractivity contribution in [3.8, 4) is 5.88 Å². The highest BCUT2D eigenvalue weighted by molar-refractivity contribution is 5.35. The molecule has 1 atom stereocenters. The fourth-order valence-electron chi connectivity index (χ4n) is 2.72. The number of hydrogen-bond donors (Lipinski definition) is 1. The molecule has 0 fully saturated rings. The minimum atomic E-state index is 0.120. The van der Waals surface area contributed by atoms with E-state index in [4.69, 9.17) is 4.74 Å². The highest BCUT2D eigenvalue weighted by atomic mass is 16.5. The number of rotatable bonds is 4. The summed E-state index contributed by atoms with van der Waals surface area (Å²) in [6, 6.07) is 10.8. The second-order valence-electron chi connectivity index (χ2n) is 5.74. The van der Waals surface area contributed by atoms with Crippen LogP contribution in [0.3, 0.4) is 0 Å². The molecule has 0 amide bonds. The SMILES string of the molecule is CC(C)Oc1ccnc(NC2CCc3ccccc3C2)n1. The Balaban J connectivity index is 1.68. The Kier molecular flexibility index (Phi) is 4.04. The predicted octanol–water partition coefficient (Wildman–Crippen LogP) is 3.23. The molecule has 4 heteroatoms. The maximum atomic E-state index is 5.61. The van der Waals surface area contributed by atoms with E-state index in [1.54, 1.807) is 12.3 Å². The van der Waals surface area contributed by atoms with Crippen LogP contribution in [-0.4, -0.2) is 22.1 Å². The van der Waals surface area contributed by atoms with Gasteiger partial charge >= 0.3 is 0 Å². The number of aromatic nitrogens is 2. The normalized spacial score (nSPS) is 17.4. The van der Waals surface area contributed by atoms with Crippen molar-refractivity contribution in [1.82, 2.24) is 9.97 Å². The van der Waals surface area contributed by atoms with E-state index in [1.807, 2.05) is 13.8 Å². The number of anilines is 1. The molecule has 1 N–H and O–H groups in total. The topological polar surface area (TPSA) is 47.0 Å². The van der Waals surface area contributed by atoms with Crippen LogP contribution in [0.1, 0.15) is 31.4 Å². The molecule has 0 aliphatic heterocycles. The molecule has 0 saturated heterocycles. The van der Waals surface area contributed by atoms with Crippen LogP contribution >= 0.6 is 0 Å². The third kappa shape index (κ3) is 3.51. The lowest BCUT2D eigenvalue weighted by Gasteiger charge is -2.25. The van der Waals surface area contributed by atoms with Gasteiger partial charge in [0.1, 0.15) is 0 Å². The number of hydrogen-bond acceptors (Lipinski definition) is 4. The lowest BCUT2D eigenvalue weighted by Crippen LogP contribution is -2.28. The van der Waals surface area contributed by atoms with Crippen LogP contribution in [0.5, 0.6) is 5.88 Å². The van der Waals surface area contributed by atoms with Gasteiger partial charge in [0.2, 0.25) is 11.8 Å². The molecule has 0 spiro atoms. The van der Waals surface area contributed by atoms with Crippen molar-refractivity contribution in [1.29, 1.82) is 0 Å². The van der Waals surface area contributed by atoms with Crippen LogP contribution in [0.4, 0.5) is 5.95 Å². The molecule has 0 bridgehead atoms. The van der Waals surface area contributed by atoms with Crippen molar-refractivity contribution in [3.63, 3.8) is 0 Å².